The van der Waals surface area contributed by atoms with Crippen molar-refractivity contribution in [2.24, 2.45) is 5.73 Å². The van der Waals surface area contributed by atoms with Gasteiger partial charge >= 0.3 is 19.8 Å². The lowest BCUT2D eigenvalue weighted by Gasteiger charge is -2.19. The Kier molecular flexibility index (Phi) is 31.3. The van der Waals surface area contributed by atoms with E-state index in [1.54, 1.807) is 0 Å². The molecule has 0 saturated carbocycles. The molecule has 1 rings (SSSR count). The van der Waals surface area contributed by atoms with Gasteiger partial charge in [-0.05, 0) is 89.2 Å². The molecule has 11 nitrogen and oxygen atoms in total. The van der Waals surface area contributed by atoms with Crippen LogP contribution in [0.3, 0.4) is 0 Å². The van der Waals surface area contributed by atoms with E-state index >= 15 is 0 Å². The second-order valence-electron chi connectivity index (χ2n) is 14.6. The number of carbonyl (C=O) groups excluding carboxylic acids is 2. The number of ether oxygens (including phenoxy) is 2. The summed E-state index contributed by atoms with van der Waals surface area (Å²) in [6.07, 6.45) is 33.3. The van der Waals surface area contributed by atoms with Gasteiger partial charge in [0.05, 0.1) is 19.3 Å². The van der Waals surface area contributed by atoms with Gasteiger partial charge in [-0.1, -0.05) is 107 Å². The van der Waals surface area contributed by atoms with Gasteiger partial charge in [-0.25, -0.2) is 4.57 Å². The first-order valence-corrected chi connectivity index (χ1v) is 23.0. The number of allylic oxidation sites excluding steroid dienone is 7. The summed E-state index contributed by atoms with van der Waals surface area (Å²) in [6.45, 7) is 7.67. The summed E-state index contributed by atoms with van der Waals surface area (Å²) in [5, 5.41) is 9.73. The summed E-state index contributed by atoms with van der Waals surface area (Å²) in [5.41, 5.74) is 7.93. The molecule has 0 aliphatic rings. The fourth-order valence-corrected chi connectivity index (χ4v) is 6.76. The normalized spacial score (nSPS) is 14.3. The van der Waals surface area contributed by atoms with Crippen LogP contribution in [-0.2, 0) is 45.5 Å². The number of phosphoric acid groups is 1. The third-order valence-corrected chi connectivity index (χ3v) is 10.5. The van der Waals surface area contributed by atoms with Crippen molar-refractivity contribution < 1.29 is 47.1 Å². The molecule has 326 valence electrons. The largest absolute Gasteiger partial charge is 0.472 e. The van der Waals surface area contributed by atoms with Crippen LogP contribution in [0.5, 0.6) is 0 Å². The fraction of sp³-hybridized carbons (Fsp3) is 0.689. The third-order valence-electron chi connectivity index (χ3n) is 9.48. The lowest BCUT2D eigenvalue weighted by atomic mass is 10.0. The first kappa shape index (κ1) is 52.2. The van der Waals surface area contributed by atoms with E-state index in [0.29, 0.717) is 25.7 Å². The monoisotopic (exact) mass is 822 g/mol. The van der Waals surface area contributed by atoms with Crippen molar-refractivity contribution in [2.75, 3.05) is 26.4 Å². The Bertz CT molecular complexity index is 1370. The first-order valence-electron chi connectivity index (χ1n) is 21.6. The van der Waals surface area contributed by atoms with Gasteiger partial charge in [0.25, 0.3) is 0 Å². The average Bonchev–Trinajstić information content (AvgIpc) is 3.45. The second-order valence-corrected chi connectivity index (χ2v) is 16.1. The standard InChI is InChI=1S/C45H76NO10P/c1-5-7-23-30-42-38(3)39(4)43(56-42)31-25-20-17-18-22-27-33-45(49)55-41(37-54-57(50,51)53-35-34-46)36-52-44(48)32-26-21-16-14-12-10-8-9-11-13-15-19-24-29-40(47)28-6-2/h8,10-11,13-14,16,19,24,40-41,47H,5-7,9,12,15,17-18,20-23,25-37,46H2,1-4H3,(H,50,51)/b10-8-,13-11-,16-14-,24-19-/t40?,41-/m1/s1. The lowest BCUT2D eigenvalue weighted by molar-refractivity contribution is -0.161. The highest BCUT2D eigenvalue weighted by atomic mass is 31.2. The van der Waals surface area contributed by atoms with Crippen LogP contribution in [0.25, 0.3) is 0 Å². The number of carbonyl (C=O) groups is 2. The van der Waals surface area contributed by atoms with Gasteiger partial charge in [-0.2, -0.15) is 0 Å². The zero-order valence-corrected chi connectivity index (χ0v) is 36.5. The number of aryl methyl sites for hydroxylation is 2. The Morgan fingerprint density at radius 2 is 1.28 bits per heavy atom. The maximum atomic E-state index is 12.7. The van der Waals surface area contributed by atoms with E-state index in [1.165, 1.54) is 30.4 Å². The van der Waals surface area contributed by atoms with Crippen LogP contribution < -0.4 is 5.73 Å². The molecule has 0 aliphatic carbocycles. The highest BCUT2D eigenvalue weighted by Gasteiger charge is 2.26. The van der Waals surface area contributed by atoms with Gasteiger partial charge < -0.3 is 29.6 Å². The van der Waals surface area contributed by atoms with E-state index < -0.39 is 32.5 Å². The number of unbranched alkanes of at least 4 members (excludes halogenated alkanes) is 8. The average molecular weight is 822 g/mol. The molecule has 0 amide bonds. The summed E-state index contributed by atoms with van der Waals surface area (Å²) < 4.78 is 39.0. The summed E-state index contributed by atoms with van der Waals surface area (Å²) in [5.74, 6) is 1.30. The van der Waals surface area contributed by atoms with Crippen molar-refractivity contribution in [1.82, 2.24) is 0 Å². The van der Waals surface area contributed by atoms with E-state index in [0.717, 1.165) is 88.6 Å². The van der Waals surface area contributed by atoms with Crippen LogP contribution in [0, 0.1) is 13.8 Å². The smallest absolute Gasteiger partial charge is 0.466 e. The van der Waals surface area contributed by atoms with E-state index in [1.807, 2.05) is 12.2 Å². The number of aliphatic hydroxyl groups excluding tert-OH is 1. The maximum absolute atomic E-state index is 12.7. The first-order chi connectivity index (χ1) is 27.5. The number of nitrogens with two attached hydrogens (primary N) is 1. The molecule has 0 aliphatic heterocycles. The lowest BCUT2D eigenvalue weighted by Crippen LogP contribution is -2.29. The van der Waals surface area contributed by atoms with Crippen molar-refractivity contribution in [2.45, 2.75) is 175 Å². The maximum Gasteiger partial charge on any atom is 0.472 e. The number of aliphatic hydroxyl groups is 1. The Balaban J connectivity index is 2.34. The third kappa shape index (κ3) is 28.3. The molecule has 57 heavy (non-hydrogen) atoms. The molecule has 1 heterocycles. The molecule has 12 heteroatoms. The Morgan fingerprint density at radius 3 is 1.89 bits per heavy atom. The van der Waals surface area contributed by atoms with Crippen LogP contribution in [0.4, 0.5) is 0 Å². The van der Waals surface area contributed by atoms with E-state index in [-0.39, 0.29) is 38.7 Å². The van der Waals surface area contributed by atoms with Crippen LogP contribution >= 0.6 is 7.82 Å². The molecule has 0 saturated heterocycles. The molecule has 0 fully saturated rings. The molecule has 0 radical (unpaired) electrons. The number of furan rings is 1. The van der Waals surface area contributed by atoms with Crippen molar-refractivity contribution in [3.8, 4) is 0 Å². The number of phosphoric ester groups is 1. The molecular weight excluding hydrogens is 745 g/mol. The van der Waals surface area contributed by atoms with E-state index in [9.17, 15) is 24.2 Å². The number of rotatable bonds is 36. The Morgan fingerprint density at radius 1 is 0.719 bits per heavy atom. The minimum Gasteiger partial charge on any atom is -0.466 e. The summed E-state index contributed by atoms with van der Waals surface area (Å²) in [7, 11) is -4.42. The molecule has 0 bridgehead atoms. The van der Waals surface area contributed by atoms with Gasteiger partial charge in [0.1, 0.15) is 18.1 Å². The molecule has 0 aromatic carbocycles. The fourth-order valence-electron chi connectivity index (χ4n) is 6.00. The van der Waals surface area contributed by atoms with Gasteiger partial charge in [-0.3, -0.25) is 18.6 Å². The summed E-state index contributed by atoms with van der Waals surface area (Å²) >= 11 is 0. The zero-order chi connectivity index (χ0) is 42.0. The van der Waals surface area contributed by atoms with Crippen LogP contribution in [-0.4, -0.2) is 60.5 Å². The molecule has 3 atom stereocenters. The number of esters is 2. The quantitative estimate of drug-likeness (QED) is 0.0255. The second kappa shape index (κ2) is 34.1. The number of hydrogen-bond donors (Lipinski definition) is 3. The SMILES string of the molecule is CCCCCc1oc(CCCCCCCCC(=O)O[C@H](COC(=O)CCC/C=C\C/C=C\C/C=C\C/C=C\CC(O)CCC)COP(=O)(O)OCCN)c(C)c1C. The van der Waals surface area contributed by atoms with Crippen molar-refractivity contribution in [3.63, 3.8) is 0 Å². The zero-order valence-electron chi connectivity index (χ0n) is 35.6. The predicted molar refractivity (Wildman–Crippen MR) is 229 cm³/mol. The highest BCUT2D eigenvalue weighted by Crippen LogP contribution is 2.43. The van der Waals surface area contributed by atoms with Gasteiger partial charge in [0.15, 0.2) is 6.10 Å². The molecule has 0 spiro atoms. The van der Waals surface area contributed by atoms with E-state index in [2.05, 4.69) is 64.2 Å². The van der Waals surface area contributed by atoms with Crippen LogP contribution in [0.2, 0.25) is 0 Å². The van der Waals surface area contributed by atoms with E-state index in [4.69, 9.17) is 28.7 Å². The van der Waals surface area contributed by atoms with Crippen molar-refractivity contribution >= 4 is 19.8 Å². The molecule has 4 N–H and O–H groups in total. The van der Waals surface area contributed by atoms with Crippen molar-refractivity contribution in [3.05, 3.63) is 71.3 Å². The summed E-state index contributed by atoms with van der Waals surface area (Å²) in [4.78, 5) is 35.0. The van der Waals surface area contributed by atoms with Gasteiger partial charge in [-0.15, -0.1) is 0 Å². The predicted octanol–water partition coefficient (Wildman–Crippen LogP) is 10.6. The Labute approximate surface area is 344 Å². The van der Waals surface area contributed by atoms with Crippen molar-refractivity contribution in [1.29, 1.82) is 0 Å². The van der Waals surface area contributed by atoms with Crippen LogP contribution in [0.1, 0.15) is 158 Å². The van der Waals surface area contributed by atoms with Gasteiger partial charge in [0.2, 0.25) is 0 Å². The molecule has 1 aromatic rings. The summed E-state index contributed by atoms with van der Waals surface area (Å²) in [6, 6.07) is 0. The molecule has 2 unspecified atom stereocenters. The molecule has 1 aromatic heterocycles. The topological polar surface area (TPSA) is 168 Å². The van der Waals surface area contributed by atoms with Crippen LogP contribution in [0.15, 0.2) is 53.0 Å². The molecular formula is C45H76NO10P. The minimum atomic E-state index is -4.42. The van der Waals surface area contributed by atoms with Gasteiger partial charge in [0, 0.05) is 32.2 Å². The number of hydrogen-bond acceptors (Lipinski definition) is 10. The Hall–Kier alpha value is -2.79. The highest BCUT2D eigenvalue weighted by molar-refractivity contribution is 7.47. The minimum absolute atomic E-state index is 0.0302.